The minimum absolute atomic E-state index is 0.170. The lowest BCUT2D eigenvalue weighted by Gasteiger charge is -2.22. The van der Waals surface area contributed by atoms with Gasteiger partial charge >= 0.3 is 5.97 Å². The lowest BCUT2D eigenvalue weighted by atomic mass is 9.93. The van der Waals surface area contributed by atoms with Gasteiger partial charge in [0.15, 0.2) is 0 Å². The first-order valence-corrected chi connectivity index (χ1v) is 7.09. The second kappa shape index (κ2) is 7.17. The van der Waals surface area contributed by atoms with Crippen molar-refractivity contribution in [2.45, 2.75) is 25.7 Å². The molecule has 21 heavy (non-hydrogen) atoms. The van der Waals surface area contributed by atoms with E-state index >= 15 is 0 Å². The fourth-order valence-electron chi connectivity index (χ4n) is 2.50. The SMILES string of the molecule is O=C(CCC1CCNCC1)Nc1ccc(C(=O)O)c(F)c1. The number of carboxylic acid groups (broad SMARTS) is 1. The Morgan fingerprint density at radius 3 is 2.67 bits per heavy atom. The quantitative estimate of drug-likeness (QED) is 0.778. The average Bonchev–Trinajstić information content (AvgIpc) is 2.46. The second-order valence-corrected chi connectivity index (χ2v) is 5.28. The molecule has 1 amide bonds. The highest BCUT2D eigenvalue weighted by molar-refractivity contribution is 5.92. The molecule has 0 unspecified atom stereocenters. The highest BCUT2D eigenvalue weighted by Gasteiger charge is 2.15. The molecule has 0 spiro atoms. The molecule has 1 fully saturated rings. The van der Waals surface area contributed by atoms with Gasteiger partial charge in [-0.25, -0.2) is 9.18 Å². The van der Waals surface area contributed by atoms with Crippen LogP contribution in [0.5, 0.6) is 0 Å². The van der Waals surface area contributed by atoms with Gasteiger partial charge in [-0.15, -0.1) is 0 Å². The summed E-state index contributed by atoms with van der Waals surface area (Å²) in [4.78, 5) is 22.5. The predicted octanol–water partition coefficient (Wildman–Crippen LogP) is 2.24. The Bertz CT molecular complexity index is 528. The van der Waals surface area contributed by atoms with Gasteiger partial charge in [-0.3, -0.25) is 4.79 Å². The third kappa shape index (κ3) is 4.53. The van der Waals surface area contributed by atoms with E-state index in [1.807, 2.05) is 0 Å². The van der Waals surface area contributed by atoms with E-state index in [1.165, 1.54) is 6.07 Å². The first kappa shape index (κ1) is 15.4. The summed E-state index contributed by atoms with van der Waals surface area (Å²) in [5, 5.41) is 14.6. The van der Waals surface area contributed by atoms with Crippen LogP contribution in [0.4, 0.5) is 10.1 Å². The van der Waals surface area contributed by atoms with Gasteiger partial charge < -0.3 is 15.7 Å². The molecular weight excluding hydrogens is 275 g/mol. The molecule has 0 aliphatic carbocycles. The van der Waals surface area contributed by atoms with Gasteiger partial charge in [0, 0.05) is 12.1 Å². The number of aromatic carboxylic acids is 1. The van der Waals surface area contributed by atoms with Crippen molar-refractivity contribution >= 4 is 17.6 Å². The summed E-state index contributed by atoms with van der Waals surface area (Å²) in [6.45, 7) is 1.99. The van der Waals surface area contributed by atoms with Gasteiger partial charge in [0.05, 0.1) is 5.56 Å². The first-order valence-electron chi connectivity index (χ1n) is 7.09. The van der Waals surface area contributed by atoms with E-state index in [2.05, 4.69) is 10.6 Å². The van der Waals surface area contributed by atoms with Crippen molar-refractivity contribution in [1.29, 1.82) is 0 Å². The Labute approximate surface area is 122 Å². The van der Waals surface area contributed by atoms with E-state index in [4.69, 9.17) is 5.11 Å². The molecule has 2 rings (SSSR count). The van der Waals surface area contributed by atoms with Crippen LogP contribution >= 0.6 is 0 Å². The highest BCUT2D eigenvalue weighted by Crippen LogP contribution is 2.19. The number of amides is 1. The number of carboxylic acids is 1. The van der Waals surface area contributed by atoms with E-state index in [-0.39, 0.29) is 11.6 Å². The third-order valence-corrected chi connectivity index (χ3v) is 3.72. The van der Waals surface area contributed by atoms with Crippen molar-refractivity contribution in [3.05, 3.63) is 29.6 Å². The van der Waals surface area contributed by atoms with Gasteiger partial charge in [0.25, 0.3) is 0 Å². The van der Waals surface area contributed by atoms with Crippen LogP contribution in [0.15, 0.2) is 18.2 Å². The zero-order valence-corrected chi connectivity index (χ0v) is 11.7. The number of carbonyl (C=O) groups excluding carboxylic acids is 1. The van der Waals surface area contributed by atoms with E-state index in [1.54, 1.807) is 0 Å². The molecule has 3 N–H and O–H groups in total. The fourth-order valence-corrected chi connectivity index (χ4v) is 2.50. The summed E-state index contributed by atoms with van der Waals surface area (Å²) in [6, 6.07) is 3.58. The van der Waals surface area contributed by atoms with E-state index in [0.717, 1.165) is 44.5 Å². The largest absolute Gasteiger partial charge is 0.478 e. The predicted molar refractivity (Wildman–Crippen MR) is 76.8 cm³/mol. The molecule has 0 radical (unpaired) electrons. The van der Waals surface area contributed by atoms with Crippen LogP contribution in [0.2, 0.25) is 0 Å². The summed E-state index contributed by atoms with van der Waals surface area (Å²) in [7, 11) is 0. The lowest BCUT2D eigenvalue weighted by molar-refractivity contribution is -0.116. The van der Waals surface area contributed by atoms with E-state index in [0.29, 0.717) is 12.3 Å². The highest BCUT2D eigenvalue weighted by atomic mass is 19.1. The number of rotatable bonds is 5. The van der Waals surface area contributed by atoms with Crippen LogP contribution in [0, 0.1) is 11.7 Å². The number of carbonyl (C=O) groups is 2. The van der Waals surface area contributed by atoms with Crippen LogP contribution < -0.4 is 10.6 Å². The smallest absolute Gasteiger partial charge is 0.338 e. The number of anilines is 1. The summed E-state index contributed by atoms with van der Waals surface area (Å²) >= 11 is 0. The average molecular weight is 294 g/mol. The zero-order valence-electron chi connectivity index (χ0n) is 11.7. The van der Waals surface area contributed by atoms with Crippen molar-refractivity contribution in [3.8, 4) is 0 Å². The summed E-state index contributed by atoms with van der Waals surface area (Å²) in [5.41, 5.74) is -0.115. The molecule has 1 aliphatic heterocycles. The van der Waals surface area contributed by atoms with Crippen molar-refractivity contribution in [3.63, 3.8) is 0 Å². The number of nitrogens with one attached hydrogen (secondary N) is 2. The van der Waals surface area contributed by atoms with Crippen LogP contribution in [-0.4, -0.2) is 30.1 Å². The molecule has 114 valence electrons. The first-order chi connectivity index (χ1) is 10.1. The maximum Gasteiger partial charge on any atom is 0.338 e. The van der Waals surface area contributed by atoms with Crippen molar-refractivity contribution in [2.24, 2.45) is 5.92 Å². The number of piperidine rings is 1. The summed E-state index contributed by atoms with van der Waals surface area (Å²) in [6.07, 6.45) is 3.38. The molecular formula is C15H19FN2O3. The Kier molecular flexibility index (Phi) is 5.27. The monoisotopic (exact) mass is 294 g/mol. The van der Waals surface area contributed by atoms with Gasteiger partial charge in [-0.05, 0) is 56.5 Å². The normalized spacial score (nSPS) is 15.7. The molecule has 1 aliphatic rings. The molecule has 1 saturated heterocycles. The second-order valence-electron chi connectivity index (χ2n) is 5.28. The molecule has 0 bridgehead atoms. The van der Waals surface area contributed by atoms with Gasteiger partial charge in [0.1, 0.15) is 5.82 Å². The maximum absolute atomic E-state index is 13.5. The number of hydrogen-bond donors (Lipinski definition) is 3. The zero-order chi connectivity index (χ0) is 15.2. The molecule has 1 aromatic carbocycles. The van der Waals surface area contributed by atoms with Crippen LogP contribution in [0.1, 0.15) is 36.0 Å². The molecule has 5 nitrogen and oxygen atoms in total. The number of halogens is 1. The minimum Gasteiger partial charge on any atom is -0.478 e. The standard InChI is InChI=1S/C15H19FN2O3/c16-13-9-11(2-3-12(13)15(20)21)18-14(19)4-1-10-5-7-17-8-6-10/h2-3,9-10,17H,1,4-8H2,(H,18,19)(H,20,21). The summed E-state index contributed by atoms with van der Waals surface area (Å²) in [5.74, 6) is -1.78. The van der Waals surface area contributed by atoms with Crippen LogP contribution in [0.3, 0.4) is 0 Å². The van der Waals surface area contributed by atoms with E-state index < -0.39 is 17.3 Å². The topological polar surface area (TPSA) is 78.4 Å². The van der Waals surface area contributed by atoms with Gasteiger partial charge in [-0.1, -0.05) is 0 Å². The Hall–Kier alpha value is -1.95. The molecule has 6 heteroatoms. The number of hydrogen-bond acceptors (Lipinski definition) is 3. The van der Waals surface area contributed by atoms with Crippen LogP contribution in [-0.2, 0) is 4.79 Å². The Balaban J connectivity index is 1.84. The summed E-state index contributed by atoms with van der Waals surface area (Å²) < 4.78 is 13.5. The lowest BCUT2D eigenvalue weighted by Crippen LogP contribution is -2.28. The van der Waals surface area contributed by atoms with Crippen molar-refractivity contribution in [2.75, 3.05) is 18.4 Å². The van der Waals surface area contributed by atoms with Gasteiger partial charge in [-0.2, -0.15) is 0 Å². The maximum atomic E-state index is 13.5. The molecule has 1 aromatic rings. The van der Waals surface area contributed by atoms with Crippen molar-refractivity contribution < 1.29 is 19.1 Å². The molecule has 0 saturated carbocycles. The molecule has 0 aromatic heterocycles. The Morgan fingerprint density at radius 2 is 2.05 bits per heavy atom. The van der Waals surface area contributed by atoms with E-state index in [9.17, 15) is 14.0 Å². The fraction of sp³-hybridized carbons (Fsp3) is 0.467. The molecule has 1 heterocycles. The van der Waals surface area contributed by atoms with Gasteiger partial charge in [0.2, 0.25) is 5.91 Å². The third-order valence-electron chi connectivity index (χ3n) is 3.72. The molecule has 0 atom stereocenters. The van der Waals surface area contributed by atoms with Crippen molar-refractivity contribution in [1.82, 2.24) is 5.32 Å². The minimum atomic E-state index is -1.32. The van der Waals surface area contributed by atoms with Crippen LogP contribution in [0.25, 0.3) is 0 Å². The number of benzene rings is 1. The Morgan fingerprint density at radius 1 is 1.33 bits per heavy atom.